The van der Waals surface area contributed by atoms with E-state index < -0.39 is 0 Å². The Morgan fingerprint density at radius 1 is 0.239 bits per heavy atom. The predicted molar refractivity (Wildman–Crippen MR) is 481 cm³/mol. The summed E-state index contributed by atoms with van der Waals surface area (Å²) in [5.74, 6) is 1.07. The maximum Gasteiger partial charge on any atom is 0.185 e. The third-order valence-electron chi connectivity index (χ3n) is 19.2. The molecule has 0 saturated carbocycles. The van der Waals surface area contributed by atoms with E-state index in [2.05, 4.69) is 123 Å². The molecule has 0 rings (SSSR count). The Labute approximate surface area is 674 Å². The number of unbranched alkanes of at least 4 members (excludes halogenated alkanes) is 17. The molecule has 0 saturated heterocycles. The summed E-state index contributed by atoms with van der Waals surface area (Å²) in [5, 5.41) is 28.3. The number of hydrogen-bond acceptors (Lipinski definition) is 24. The van der Waals surface area contributed by atoms with Crippen LogP contribution in [-0.4, -0.2) is 351 Å². The molecule has 656 valence electrons. The molecule has 28 heteroatoms. The normalized spacial score (nSPS) is 11.8. The molecule has 0 fully saturated rings. The quantitative estimate of drug-likeness (QED) is 0.0235. The van der Waals surface area contributed by atoms with Crippen LogP contribution in [0.15, 0.2) is 9.98 Å². The van der Waals surface area contributed by atoms with Gasteiger partial charge in [-0.2, -0.15) is 0 Å². The van der Waals surface area contributed by atoms with Gasteiger partial charge in [0.2, 0.25) is 0 Å². The van der Waals surface area contributed by atoms with Gasteiger partial charge in [-0.05, 0) is 117 Å². The molecule has 0 atom stereocenters. The van der Waals surface area contributed by atoms with Crippen LogP contribution < -0.4 is 95.0 Å². The van der Waals surface area contributed by atoms with E-state index in [1.807, 2.05) is 6.92 Å². The highest BCUT2D eigenvalue weighted by Crippen LogP contribution is 2.13. The monoisotopic (exact) mass is 1560 g/mol. The highest BCUT2D eigenvalue weighted by molar-refractivity contribution is 5.77. The third kappa shape index (κ3) is 92.4. The van der Waals surface area contributed by atoms with Gasteiger partial charge in [-0.25, -0.2) is 0 Å². The summed E-state index contributed by atoms with van der Waals surface area (Å²) in [5.41, 5.74) is 62.9. The largest absolute Gasteiger partial charge is 0.388 e. The summed E-state index contributed by atoms with van der Waals surface area (Å²) in [6.07, 6.45) is 33.9. The molecule has 109 heavy (non-hydrogen) atoms. The van der Waals surface area contributed by atoms with Crippen LogP contribution in [0.2, 0.25) is 0 Å². The number of nitrogens with one attached hydrogen (secondary N) is 7. The average molecular weight is 1560 g/mol. The minimum Gasteiger partial charge on any atom is -0.388 e. The van der Waals surface area contributed by atoms with Crippen LogP contribution in [0.3, 0.4) is 0 Å². The van der Waals surface area contributed by atoms with Gasteiger partial charge >= 0.3 is 0 Å². The number of hydrogen-bond donors (Lipinski definition) is 18. The number of aliphatic imine (C=N–C) groups is 2. The topological polar surface area (TPSA) is 433 Å². The van der Waals surface area contributed by atoms with Crippen molar-refractivity contribution >= 4 is 17.6 Å². The molecule has 0 aromatic heterocycles. The van der Waals surface area contributed by atoms with Crippen LogP contribution in [0, 0.1) is 5.41 Å². The number of nitrogens with two attached hydrogens (primary N) is 11. The first kappa shape index (κ1) is 113. The van der Waals surface area contributed by atoms with Gasteiger partial charge in [-0.1, -0.05) is 144 Å². The second-order valence-electron chi connectivity index (χ2n) is 29.6. The van der Waals surface area contributed by atoms with E-state index in [0.29, 0.717) is 58.8 Å². The zero-order valence-electron chi connectivity index (χ0n) is 73.0. The van der Waals surface area contributed by atoms with Crippen molar-refractivity contribution in [1.29, 1.82) is 5.41 Å². The second-order valence-corrected chi connectivity index (χ2v) is 29.6. The molecular formula is C81H192N28. The molecule has 0 aliphatic heterocycles. The van der Waals surface area contributed by atoms with Crippen LogP contribution in [-0.2, 0) is 0 Å². The van der Waals surface area contributed by atoms with Crippen molar-refractivity contribution in [1.82, 2.24) is 71.1 Å². The van der Waals surface area contributed by atoms with Crippen molar-refractivity contribution in [2.75, 3.05) is 295 Å². The van der Waals surface area contributed by atoms with Crippen molar-refractivity contribution in [3.63, 3.8) is 0 Å². The zero-order chi connectivity index (χ0) is 81.2. The summed E-state index contributed by atoms with van der Waals surface area (Å²) >= 11 is 0. The minimum atomic E-state index is 0.120. The molecule has 0 unspecified atom stereocenters. The summed E-state index contributed by atoms with van der Waals surface area (Å²) in [7, 11) is 0. The molecule has 0 bridgehead atoms. The van der Waals surface area contributed by atoms with Gasteiger partial charge in [0.25, 0.3) is 0 Å². The summed E-state index contributed by atoms with van der Waals surface area (Å²) in [6.45, 7) is 57.1. The van der Waals surface area contributed by atoms with Crippen molar-refractivity contribution in [3.05, 3.63) is 0 Å². The molecule has 28 nitrogen and oxygen atoms in total. The smallest absolute Gasteiger partial charge is 0.185 e. The fraction of sp³-hybridized carbons (Fsp3) is 0.963. The van der Waals surface area contributed by atoms with Crippen molar-refractivity contribution in [2.45, 2.75) is 215 Å². The van der Waals surface area contributed by atoms with E-state index in [1.54, 1.807) is 0 Å². The maximum atomic E-state index is 7.49. The highest BCUT2D eigenvalue weighted by atomic mass is 15.3. The van der Waals surface area contributed by atoms with Gasteiger partial charge in [0.05, 0.1) is 18.2 Å². The molecule has 0 amide bonds. The van der Waals surface area contributed by atoms with Crippen molar-refractivity contribution in [3.8, 4) is 0 Å². The van der Waals surface area contributed by atoms with Gasteiger partial charge in [0.15, 0.2) is 5.96 Å². The van der Waals surface area contributed by atoms with Crippen molar-refractivity contribution < 1.29 is 0 Å². The van der Waals surface area contributed by atoms with E-state index >= 15 is 0 Å². The zero-order valence-corrected chi connectivity index (χ0v) is 73.0. The van der Waals surface area contributed by atoms with Crippen LogP contribution in [0.25, 0.3) is 0 Å². The van der Waals surface area contributed by atoms with Gasteiger partial charge in [0, 0.05) is 242 Å². The molecular weight excluding hydrogens is 1370 g/mol. The lowest BCUT2D eigenvalue weighted by molar-refractivity contribution is 0.164. The maximum absolute atomic E-state index is 7.49. The van der Waals surface area contributed by atoms with Gasteiger partial charge in [0.1, 0.15) is 0 Å². The second kappa shape index (κ2) is 96.0. The Morgan fingerprint density at radius 3 is 0.826 bits per heavy atom. The van der Waals surface area contributed by atoms with Crippen LogP contribution in [0.4, 0.5) is 0 Å². The van der Waals surface area contributed by atoms with E-state index in [4.69, 9.17) is 68.5 Å². The fourth-order valence-corrected chi connectivity index (χ4v) is 12.6. The Morgan fingerprint density at radius 2 is 0.514 bits per heavy atom. The molecule has 0 aromatic carbocycles. The Bertz CT molecular complexity index is 1750. The van der Waals surface area contributed by atoms with Gasteiger partial charge in [-0.15, -0.1) is 0 Å². The standard InChI is InChI=1S/C26H64N14.C24H60N10.C17H36N2.C14H32N2/c1-2-8-34-10-16-38(15-7-29)20-22-39(17-11-35-9-5-27)23-24-40(18-12-36-26(32)33)21-19-37(14-6-28)13-3-4-25(30)31;1-3-9-29-11-17-32(15-7-27)20-23-34(18-12-30-10-5-25)24-22-33(16-8-28)21-19-31(13-4-2)14-6-26;1-3-4-5-6-7-8-9-10-11-12-13-14-15-16-19-17(2)18;1-3-5-6-8-13-16-14-10-7-9-12-15-11-4-2/h34-35H,2-24,27-29H2,1H3,(H3,30,31)(H4,32,33,36);29-30H,3-28H2,1-2H3;3-16H2,1-2H3,(H2,18,19);15-16H,3-14H2,1-2H3. The molecule has 0 aliphatic carbocycles. The first-order valence-corrected chi connectivity index (χ1v) is 44.8. The average Bonchev–Trinajstić information content (AvgIpc) is 0.947. The molecule has 0 aromatic rings. The number of amidine groups is 2. The highest BCUT2D eigenvalue weighted by Gasteiger charge is 2.16. The van der Waals surface area contributed by atoms with E-state index in [1.165, 1.54) is 167 Å². The number of nitrogens with zero attached hydrogens (tertiary/aromatic N) is 10. The third-order valence-corrected chi connectivity index (χ3v) is 19.2. The molecule has 29 N–H and O–H groups in total. The number of guanidine groups is 1. The van der Waals surface area contributed by atoms with Gasteiger partial charge < -0.3 is 105 Å². The Hall–Kier alpha value is -2.63. The minimum absolute atomic E-state index is 0.120. The molecule has 0 aliphatic rings. The molecule has 0 heterocycles. The van der Waals surface area contributed by atoms with E-state index in [0.717, 1.165) is 241 Å². The van der Waals surface area contributed by atoms with Gasteiger partial charge in [-0.3, -0.25) is 44.8 Å². The lowest BCUT2D eigenvalue weighted by atomic mass is 10.0. The molecule has 0 radical (unpaired) electrons. The Balaban J connectivity index is -0.000000717. The lowest BCUT2D eigenvalue weighted by Gasteiger charge is -2.31. The first-order valence-electron chi connectivity index (χ1n) is 44.8. The summed E-state index contributed by atoms with van der Waals surface area (Å²) in [4.78, 5) is 28.2. The SMILES string of the molecule is CCCCCCCCCCCCCCCN=C(C)N.CCCCCCNCCCCCNCCC.CCCNCCN(CCN)CCN(CCNCCN)CCN(CCN)CCN(CCC)CCN.CCCNCCN(CCN)CCN(CCNCCN)CCN(CCN=C(N)N)CCN(CCN)CCCC(=N)N. The summed E-state index contributed by atoms with van der Waals surface area (Å²) in [6, 6.07) is 0. The summed E-state index contributed by atoms with van der Waals surface area (Å²) < 4.78 is 0. The van der Waals surface area contributed by atoms with E-state index in [9.17, 15) is 0 Å². The predicted octanol–water partition coefficient (Wildman–Crippen LogP) is 3.46. The number of rotatable bonds is 84. The van der Waals surface area contributed by atoms with Crippen molar-refractivity contribution in [2.24, 2.45) is 73.1 Å². The molecule has 0 spiro atoms. The van der Waals surface area contributed by atoms with Crippen LogP contribution in [0.5, 0.6) is 0 Å². The fourth-order valence-electron chi connectivity index (χ4n) is 12.6. The van der Waals surface area contributed by atoms with Crippen LogP contribution >= 0.6 is 0 Å². The lowest BCUT2D eigenvalue weighted by Crippen LogP contribution is -2.46. The van der Waals surface area contributed by atoms with Crippen LogP contribution in [0.1, 0.15) is 215 Å². The van der Waals surface area contributed by atoms with E-state index in [-0.39, 0.29) is 11.8 Å². The first-order chi connectivity index (χ1) is 53.2. The Kier molecular flexibility index (Phi) is 99.2.